The second-order valence-electron chi connectivity index (χ2n) is 3.07. The third-order valence-electron chi connectivity index (χ3n) is 1.80. The van der Waals surface area contributed by atoms with Crippen LogP contribution in [0.15, 0.2) is 5.51 Å². The van der Waals surface area contributed by atoms with Gasteiger partial charge in [-0.05, 0) is 12.8 Å². The van der Waals surface area contributed by atoms with Gasteiger partial charge in [0.05, 0.1) is 11.2 Å². The molecule has 0 aliphatic heterocycles. The molecule has 3 heteroatoms. The lowest BCUT2D eigenvalue weighted by atomic mass is 10.0. The number of nitrogens with zero attached hydrogens (tertiary/aromatic N) is 1. The molecule has 0 aromatic carbocycles. The van der Waals surface area contributed by atoms with Crippen molar-refractivity contribution in [2.24, 2.45) is 11.7 Å². The fourth-order valence-electron chi connectivity index (χ4n) is 0.934. The van der Waals surface area contributed by atoms with Gasteiger partial charge in [-0.15, -0.1) is 11.3 Å². The Hall–Kier alpha value is -0.410. The van der Waals surface area contributed by atoms with Crippen molar-refractivity contribution in [1.82, 2.24) is 4.98 Å². The molecule has 0 fully saturated rings. The zero-order valence-corrected chi connectivity index (χ0v) is 7.98. The number of aryl methyl sites for hydroxylation is 1. The highest BCUT2D eigenvalue weighted by molar-refractivity contribution is 7.09. The maximum absolute atomic E-state index is 5.95. The Morgan fingerprint density at radius 2 is 2.18 bits per heavy atom. The van der Waals surface area contributed by atoms with Crippen LogP contribution in [0.4, 0.5) is 0 Å². The van der Waals surface area contributed by atoms with E-state index in [0.29, 0.717) is 5.92 Å². The van der Waals surface area contributed by atoms with Crippen molar-refractivity contribution >= 4 is 11.3 Å². The maximum Gasteiger partial charge on any atom is 0.0798 e. The van der Waals surface area contributed by atoms with Crippen LogP contribution in [0.2, 0.25) is 0 Å². The minimum Gasteiger partial charge on any atom is -0.323 e. The Morgan fingerprint density at radius 3 is 2.55 bits per heavy atom. The Balaban J connectivity index is 2.84. The van der Waals surface area contributed by atoms with Gasteiger partial charge in [-0.2, -0.15) is 0 Å². The minimum absolute atomic E-state index is 0.155. The van der Waals surface area contributed by atoms with E-state index >= 15 is 0 Å². The van der Waals surface area contributed by atoms with Crippen LogP contribution in [0, 0.1) is 12.8 Å². The van der Waals surface area contributed by atoms with E-state index in [-0.39, 0.29) is 6.04 Å². The Kier molecular flexibility index (Phi) is 2.62. The van der Waals surface area contributed by atoms with E-state index in [1.165, 1.54) is 4.88 Å². The molecule has 1 rings (SSSR count). The van der Waals surface area contributed by atoms with Gasteiger partial charge in [0, 0.05) is 10.9 Å². The van der Waals surface area contributed by atoms with Gasteiger partial charge in [-0.25, -0.2) is 4.98 Å². The summed E-state index contributed by atoms with van der Waals surface area (Å²) in [4.78, 5) is 5.38. The maximum atomic E-state index is 5.95. The molecule has 0 saturated heterocycles. The highest BCUT2D eigenvalue weighted by Gasteiger charge is 2.14. The van der Waals surface area contributed by atoms with Gasteiger partial charge in [0.25, 0.3) is 0 Å². The summed E-state index contributed by atoms with van der Waals surface area (Å²) in [5.41, 5.74) is 8.89. The third kappa shape index (κ3) is 1.79. The summed E-state index contributed by atoms with van der Waals surface area (Å²) < 4.78 is 0. The molecule has 0 aliphatic rings. The van der Waals surface area contributed by atoms with Crippen LogP contribution in [-0.4, -0.2) is 4.98 Å². The van der Waals surface area contributed by atoms with Crippen molar-refractivity contribution in [2.75, 3.05) is 0 Å². The predicted molar refractivity (Wildman–Crippen MR) is 48.6 cm³/mol. The topological polar surface area (TPSA) is 38.9 Å². The molecule has 1 aromatic rings. The summed E-state index contributed by atoms with van der Waals surface area (Å²) in [5.74, 6) is 0.495. The normalized spacial score (nSPS) is 13.9. The van der Waals surface area contributed by atoms with Crippen LogP contribution >= 0.6 is 11.3 Å². The SMILES string of the molecule is Cc1ncsc1C(N)C(C)C. The van der Waals surface area contributed by atoms with Crippen LogP contribution in [0.3, 0.4) is 0 Å². The minimum atomic E-state index is 0.155. The molecule has 1 unspecified atom stereocenters. The summed E-state index contributed by atoms with van der Waals surface area (Å²) in [5, 5.41) is 0. The first-order valence-corrected chi connectivity index (χ1v) is 4.66. The summed E-state index contributed by atoms with van der Waals surface area (Å²) in [6.45, 7) is 6.27. The van der Waals surface area contributed by atoms with Gasteiger partial charge in [0.1, 0.15) is 0 Å². The number of rotatable bonds is 2. The average molecular weight is 170 g/mol. The quantitative estimate of drug-likeness (QED) is 0.738. The van der Waals surface area contributed by atoms with Crippen LogP contribution in [0.25, 0.3) is 0 Å². The number of hydrogen-bond acceptors (Lipinski definition) is 3. The average Bonchev–Trinajstić information content (AvgIpc) is 2.33. The van der Waals surface area contributed by atoms with Gasteiger partial charge >= 0.3 is 0 Å². The molecule has 0 bridgehead atoms. The van der Waals surface area contributed by atoms with Gasteiger partial charge in [-0.3, -0.25) is 0 Å². The highest BCUT2D eigenvalue weighted by Crippen LogP contribution is 2.24. The Labute approximate surface area is 71.5 Å². The molecular formula is C8H14N2S. The third-order valence-corrected chi connectivity index (χ3v) is 2.84. The second kappa shape index (κ2) is 3.32. The van der Waals surface area contributed by atoms with E-state index in [1.807, 2.05) is 12.4 Å². The molecule has 0 saturated carbocycles. The molecule has 2 nitrogen and oxygen atoms in total. The Bertz CT molecular complexity index is 230. The van der Waals surface area contributed by atoms with Crippen molar-refractivity contribution in [2.45, 2.75) is 26.8 Å². The number of thiazole rings is 1. The first kappa shape index (κ1) is 8.68. The van der Waals surface area contributed by atoms with Crippen LogP contribution in [-0.2, 0) is 0 Å². The number of aromatic nitrogens is 1. The summed E-state index contributed by atoms with van der Waals surface area (Å²) in [7, 11) is 0. The van der Waals surface area contributed by atoms with Gasteiger partial charge in [0.2, 0.25) is 0 Å². The number of nitrogens with two attached hydrogens (primary N) is 1. The lowest BCUT2D eigenvalue weighted by Crippen LogP contribution is -2.16. The number of hydrogen-bond donors (Lipinski definition) is 1. The fraction of sp³-hybridized carbons (Fsp3) is 0.625. The van der Waals surface area contributed by atoms with Gasteiger partial charge < -0.3 is 5.73 Å². The molecule has 2 N–H and O–H groups in total. The predicted octanol–water partition coefficient (Wildman–Crippen LogP) is 2.11. The van der Waals surface area contributed by atoms with Crippen molar-refractivity contribution in [3.63, 3.8) is 0 Å². The van der Waals surface area contributed by atoms with E-state index < -0.39 is 0 Å². The monoisotopic (exact) mass is 170 g/mol. The lowest BCUT2D eigenvalue weighted by molar-refractivity contribution is 0.519. The largest absolute Gasteiger partial charge is 0.323 e. The van der Waals surface area contributed by atoms with Crippen molar-refractivity contribution in [3.05, 3.63) is 16.1 Å². The zero-order valence-electron chi connectivity index (χ0n) is 7.16. The molecule has 0 radical (unpaired) electrons. The van der Waals surface area contributed by atoms with Crippen molar-refractivity contribution < 1.29 is 0 Å². The standard InChI is InChI=1S/C8H14N2S/c1-5(2)7(9)8-6(3)10-4-11-8/h4-5,7H,9H2,1-3H3. The van der Waals surface area contributed by atoms with Crippen LogP contribution in [0.5, 0.6) is 0 Å². The Morgan fingerprint density at radius 1 is 1.55 bits per heavy atom. The van der Waals surface area contributed by atoms with Crippen LogP contribution < -0.4 is 5.73 Å². The molecular weight excluding hydrogens is 156 g/mol. The molecule has 0 amide bonds. The second-order valence-corrected chi connectivity index (χ2v) is 3.96. The summed E-state index contributed by atoms with van der Waals surface area (Å²) in [6.07, 6.45) is 0. The molecule has 1 aromatic heterocycles. The van der Waals surface area contributed by atoms with Crippen molar-refractivity contribution in [1.29, 1.82) is 0 Å². The van der Waals surface area contributed by atoms with E-state index in [9.17, 15) is 0 Å². The van der Waals surface area contributed by atoms with Crippen LogP contribution in [0.1, 0.15) is 30.5 Å². The molecule has 0 spiro atoms. The van der Waals surface area contributed by atoms with Gasteiger partial charge in [-0.1, -0.05) is 13.8 Å². The van der Waals surface area contributed by atoms with Gasteiger partial charge in [0.15, 0.2) is 0 Å². The molecule has 1 atom stereocenters. The first-order chi connectivity index (χ1) is 5.13. The van der Waals surface area contributed by atoms with E-state index in [0.717, 1.165) is 5.69 Å². The summed E-state index contributed by atoms with van der Waals surface area (Å²) in [6, 6.07) is 0.155. The van der Waals surface area contributed by atoms with E-state index in [4.69, 9.17) is 5.73 Å². The lowest BCUT2D eigenvalue weighted by Gasteiger charge is -2.13. The highest BCUT2D eigenvalue weighted by atomic mass is 32.1. The molecule has 11 heavy (non-hydrogen) atoms. The van der Waals surface area contributed by atoms with E-state index in [2.05, 4.69) is 18.8 Å². The summed E-state index contributed by atoms with van der Waals surface area (Å²) >= 11 is 1.65. The zero-order chi connectivity index (χ0) is 8.43. The fourth-order valence-corrected chi connectivity index (χ4v) is 1.91. The molecule has 0 aliphatic carbocycles. The smallest absolute Gasteiger partial charge is 0.0798 e. The first-order valence-electron chi connectivity index (χ1n) is 3.78. The van der Waals surface area contributed by atoms with Crippen molar-refractivity contribution in [3.8, 4) is 0 Å². The molecule has 62 valence electrons. The molecule has 1 heterocycles. The van der Waals surface area contributed by atoms with E-state index in [1.54, 1.807) is 11.3 Å².